The van der Waals surface area contributed by atoms with Crippen molar-refractivity contribution in [3.05, 3.63) is 30.1 Å². The van der Waals surface area contributed by atoms with Crippen LogP contribution >= 0.6 is 0 Å². The second-order valence-corrected chi connectivity index (χ2v) is 5.12. The summed E-state index contributed by atoms with van der Waals surface area (Å²) in [6, 6.07) is 4.65. The zero-order valence-corrected chi connectivity index (χ0v) is 10.7. The maximum Gasteiger partial charge on any atom is 0.0312 e. The molecule has 1 atom stereocenters. The van der Waals surface area contributed by atoms with Crippen LogP contribution in [0.1, 0.15) is 31.2 Å². The second-order valence-electron chi connectivity index (χ2n) is 5.12. The lowest BCUT2D eigenvalue weighted by molar-refractivity contribution is 0.174. The summed E-state index contributed by atoms with van der Waals surface area (Å²) >= 11 is 0. The topological polar surface area (TPSA) is 42.2 Å². The zero-order chi connectivity index (χ0) is 12.1. The van der Waals surface area contributed by atoms with Crippen molar-refractivity contribution in [3.63, 3.8) is 0 Å². The normalized spacial score (nSPS) is 18.8. The summed E-state index contributed by atoms with van der Waals surface area (Å²) in [5.41, 5.74) is 7.22. The Morgan fingerprint density at radius 1 is 1.47 bits per heavy atom. The van der Waals surface area contributed by atoms with Gasteiger partial charge < -0.3 is 5.73 Å². The molecule has 1 saturated carbocycles. The first kappa shape index (κ1) is 12.5. The quantitative estimate of drug-likeness (QED) is 0.846. The second kappa shape index (κ2) is 6.12. The van der Waals surface area contributed by atoms with Gasteiger partial charge in [0.25, 0.3) is 0 Å². The molecule has 0 spiro atoms. The Morgan fingerprint density at radius 3 is 2.82 bits per heavy atom. The van der Waals surface area contributed by atoms with Gasteiger partial charge in [-0.25, -0.2) is 0 Å². The molecule has 1 heterocycles. The molecule has 2 N–H and O–H groups in total. The lowest BCUT2D eigenvalue weighted by Crippen LogP contribution is -2.42. The molecule has 0 aromatic carbocycles. The van der Waals surface area contributed by atoms with E-state index in [1.165, 1.54) is 31.2 Å². The minimum atomic E-state index is 0.526. The number of nitrogens with two attached hydrogens (primary N) is 1. The molecule has 0 radical (unpaired) electrons. The van der Waals surface area contributed by atoms with Gasteiger partial charge in [-0.2, -0.15) is 0 Å². The highest BCUT2D eigenvalue weighted by Crippen LogP contribution is 2.29. The van der Waals surface area contributed by atoms with Crippen LogP contribution in [0.3, 0.4) is 0 Å². The summed E-state index contributed by atoms with van der Waals surface area (Å²) in [6.07, 6.45) is 9.21. The van der Waals surface area contributed by atoms with Crippen LogP contribution in [-0.2, 0) is 6.54 Å². The monoisotopic (exact) mass is 233 g/mol. The van der Waals surface area contributed by atoms with Gasteiger partial charge in [0.2, 0.25) is 0 Å². The van der Waals surface area contributed by atoms with E-state index in [2.05, 4.69) is 23.0 Å². The molecule has 0 aliphatic heterocycles. The highest BCUT2D eigenvalue weighted by Gasteiger charge is 2.26. The van der Waals surface area contributed by atoms with E-state index in [9.17, 15) is 0 Å². The van der Waals surface area contributed by atoms with E-state index in [1.54, 1.807) is 0 Å². The lowest BCUT2D eigenvalue weighted by Gasteiger charge is -2.31. The van der Waals surface area contributed by atoms with Crippen LogP contribution in [0.15, 0.2) is 24.5 Å². The first-order valence-electron chi connectivity index (χ1n) is 6.60. The van der Waals surface area contributed by atoms with Crippen molar-refractivity contribution in [2.45, 2.75) is 38.3 Å². The molecule has 1 fully saturated rings. The van der Waals surface area contributed by atoms with Gasteiger partial charge in [-0.1, -0.05) is 18.9 Å². The van der Waals surface area contributed by atoms with Gasteiger partial charge >= 0.3 is 0 Å². The van der Waals surface area contributed by atoms with Crippen LogP contribution in [-0.4, -0.2) is 29.5 Å². The number of hydrogen-bond donors (Lipinski definition) is 1. The molecule has 94 valence electrons. The molecule has 17 heavy (non-hydrogen) atoms. The van der Waals surface area contributed by atoms with Gasteiger partial charge in [0.15, 0.2) is 0 Å². The molecule has 3 heteroatoms. The fraction of sp³-hybridized carbons (Fsp3) is 0.643. The molecule has 1 aliphatic rings. The van der Waals surface area contributed by atoms with Gasteiger partial charge in [0, 0.05) is 31.5 Å². The first-order valence-corrected chi connectivity index (χ1v) is 6.60. The summed E-state index contributed by atoms with van der Waals surface area (Å²) < 4.78 is 0. The Morgan fingerprint density at radius 2 is 2.24 bits per heavy atom. The van der Waals surface area contributed by atoms with E-state index >= 15 is 0 Å². The molecule has 1 aromatic rings. The largest absolute Gasteiger partial charge is 0.329 e. The summed E-state index contributed by atoms with van der Waals surface area (Å²) in [5, 5.41) is 0. The average molecular weight is 233 g/mol. The third-order valence-electron chi connectivity index (χ3n) is 3.91. The Bertz CT molecular complexity index is 319. The third kappa shape index (κ3) is 3.27. The van der Waals surface area contributed by atoms with Gasteiger partial charge in [-0.15, -0.1) is 0 Å². The van der Waals surface area contributed by atoms with E-state index in [0.29, 0.717) is 6.04 Å². The van der Waals surface area contributed by atoms with E-state index in [1.807, 2.05) is 18.5 Å². The smallest absolute Gasteiger partial charge is 0.0312 e. The number of pyridine rings is 1. The number of hydrogen-bond acceptors (Lipinski definition) is 3. The van der Waals surface area contributed by atoms with E-state index in [4.69, 9.17) is 5.73 Å². The molecule has 1 aromatic heterocycles. The molecular weight excluding hydrogens is 210 g/mol. The van der Waals surface area contributed by atoms with Crippen molar-refractivity contribution in [1.29, 1.82) is 0 Å². The molecule has 0 bridgehead atoms. The predicted molar refractivity (Wildman–Crippen MR) is 70.5 cm³/mol. The summed E-state index contributed by atoms with van der Waals surface area (Å²) in [5.74, 6) is 0.793. The van der Waals surface area contributed by atoms with Crippen molar-refractivity contribution < 1.29 is 0 Å². The van der Waals surface area contributed by atoms with Crippen LogP contribution in [0, 0.1) is 5.92 Å². The van der Waals surface area contributed by atoms with Gasteiger partial charge in [-0.05, 0) is 37.4 Å². The number of rotatable bonds is 5. The van der Waals surface area contributed by atoms with Crippen LogP contribution in [0.4, 0.5) is 0 Å². The summed E-state index contributed by atoms with van der Waals surface area (Å²) in [7, 11) is 2.18. The number of nitrogens with zero attached hydrogens (tertiary/aromatic N) is 2. The predicted octanol–water partition coefficient (Wildman–Crippen LogP) is 2.03. The van der Waals surface area contributed by atoms with Crippen molar-refractivity contribution in [2.24, 2.45) is 11.7 Å². The van der Waals surface area contributed by atoms with Crippen molar-refractivity contribution in [1.82, 2.24) is 9.88 Å². The van der Waals surface area contributed by atoms with Crippen LogP contribution < -0.4 is 5.73 Å². The average Bonchev–Trinajstić information content (AvgIpc) is 2.85. The van der Waals surface area contributed by atoms with Crippen molar-refractivity contribution in [3.8, 4) is 0 Å². The van der Waals surface area contributed by atoms with E-state index < -0.39 is 0 Å². The number of aromatic nitrogens is 1. The molecule has 1 aliphatic carbocycles. The highest BCUT2D eigenvalue weighted by molar-refractivity contribution is 5.08. The Hall–Kier alpha value is -0.930. The standard InChI is InChI=1S/C14H23N3/c1-17(11-12-5-4-8-16-10-12)14(9-15)13-6-2-3-7-13/h4-5,8,10,13-14H,2-3,6-7,9,11,15H2,1H3. The van der Waals surface area contributed by atoms with E-state index in [0.717, 1.165) is 19.0 Å². The fourth-order valence-electron chi connectivity index (χ4n) is 2.97. The Kier molecular flexibility index (Phi) is 4.51. The zero-order valence-electron chi connectivity index (χ0n) is 10.7. The molecule has 2 rings (SSSR count). The minimum Gasteiger partial charge on any atom is -0.329 e. The fourth-order valence-corrected chi connectivity index (χ4v) is 2.97. The van der Waals surface area contributed by atoms with Gasteiger partial charge in [0.1, 0.15) is 0 Å². The van der Waals surface area contributed by atoms with Gasteiger partial charge in [-0.3, -0.25) is 9.88 Å². The molecule has 0 saturated heterocycles. The van der Waals surface area contributed by atoms with Crippen LogP contribution in [0.5, 0.6) is 0 Å². The Labute approximate surface area is 104 Å². The maximum absolute atomic E-state index is 5.95. The highest BCUT2D eigenvalue weighted by atomic mass is 15.1. The third-order valence-corrected chi connectivity index (χ3v) is 3.91. The van der Waals surface area contributed by atoms with Crippen molar-refractivity contribution >= 4 is 0 Å². The van der Waals surface area contributed by atoms with Crippen LogP contribution in [0.25, 0.3) is 0 Å². The van der Waals surface area contributed by atoms with Crippen LogP contribution in [0.2, 0.25) is 0 Å². The summed E-state index contributed by atoms with van der Waals surface area (Å²) in [6.45, 7) is 1.72. The summed E-state index contributed by atoms with van der Waals surface area (Å²) in [4.78, 5) is 6.56. The van der Waals surface area contributed by atoms with Gasteiger partial charge in [0.05, 0.1) is 0 Å². The molecule has 0 amide bonds. The molecule has 3 nitrogen and oxygen atoms in total. The van der Waals surface area contributed by atoms with Crippen molar-refractivity contribution in [2.75, 3.05) is 13.6 Å². The molecular formula is C14H23N3. The minimum absolute atomic E-state index is 0.526. The first-order chi connectivity index (χ1) is 8.31. The van der Waals surface area contributed by atoms with E-state index in [-0.39, 0.29) is 0 Å². The maximum atomic E-state index is 5.95. The SMILES string of the molecule is CN(Cc1cccnc1)C(CN)C1CCCC1. The molecule has 1 unspecified atom stereocenters. The Balaban J connectivity index is 1.95. The lowest BCUT2D eigenvalue weighted by atomic mass is 9.96. The number of likely N-dealkylation sites (N-methyl/N-ethyl adjacent to an activating group) is 1.